The number of likely N-dealkylation sites (N-methyl/N-ethyl adjacent to an activating group) is 1. The van der Waals surface area contributed by atoms with Gasteiger partial charge in [-0.1, -0.05) is 19.1 Å². The van der Waals surface area contributed by atoms with Crippen molar-refractivity contribution in [1.82, 2.24) is 25.0 Å². The van der Waals surface area contributed by atoms with Gasteiger partial charge in [-0.05, 0) is 29.6 Å². The lowest BCUT2D eigenvalue weighted by Crippen LogP contribution is -2.49. The number of aromatic amines is 1. The van der Waals surface area contributed by atoms with Gasteiger partial charge in [0, 0.05) is 56.1 Å². The van der Waals surface area contributed by atoms with Gasteiger partial charge in [0.15, 0.2) is 0 Å². The molecule has 7 nitrogen and oxygen atoms in total. The van der Waals surface area contributed by atoms with E-state index in [1.165, 1.54) is 0 Å². The van der Waals surface area contributed by atoms with Gasteiger partial charge in [-0.2, -0.15) is 5.10 Å². The van der Waals surface area contributed by atoms with Gasteiger partial charge < -0.3 is 15.3 Å². The molecule has 2 aromatic heterocycles. The Bertz CT molecular complexity index is 873. The standard InChI is InChI=1S/C20H26N6O/c1-2-25-5-7-26(8-6-25)14-20(27)24-19-10-17-9-15(18-12-22-23-13-18)3-4-16(17)11-21-19/h3-4,9-13,20,27H,2,5-8,14H2,1H3,(H,21,24)(H,22,23). The van der Waals surface area contributed by atoms with E-state index in [9.17, 15) is 5.11 Å². The first-order valence-electron chi connectivity index (χ1n) is 9.49. The van der Waals surface area contributed by atoms with Crippen molar-refractivity contribution in [3.05, 3.63) is 42.9 Å². The van der Waals surface area contributed by atoms with Gasteiger partial charge in [0.2, 0.25) is 0 Å². The Hall–Kier alpha value is -2.48. The summed E-state index contributed by atoms with van der Waals surface area (Å²) in [5.41, 5.74) is 2.15. The maximum atomic E-state index is 10.4. The third kappa shape index (κ3) is 4.27. The van der Waals surface area contributed by atoms with E-state index < -0.39 is 6.23 Å². The second-order valence-electron chi connectivity index (χ2n) is 7.01. The smallest absolute Gasteiger partial charge is 0.138 e. The van der Waals surface area contributed by atoms with Crippen LogP contribution in [-0.4, -0.2) is 75.6 Å². The first-order chi connectivity index (χ1) is 13.2. The average molecular weight is 366 g/mol. The Kier molecular flexibility index (Phi) is 5.33. The number of nitrogens with one attached hydrogen (secondary N) is 2. The van der Waals surface area contributed by atoms with E-state index in [4.69, 9.17) is 0 Å². The highest BCUT2D eigenvalue weighted by Gasteiger charge is 2.18. The minimum Gasteiger partial charge on any atom is -0.372 e. The molecule has 0 spiro atoms. The predicted molar refractivity (Wildman–Crippen MR) is 108 cm³/mol. The molecule has 27 heavy (non-hydrogen) atoms. The van der Waals surface area contributed by atoms with Crippen LogP contribution in [0.2, 0.25) is 0 Å². The van der Waals surface area contributed by atoms with E-state index in [1.54, 1.807) is 0 Å². The van der Waals surface area contributed by atoms with Crippen molar-refractivity contribution < 1.29 is 5.11 Å². The number of pyridine rings is 1. The van der Waals surface area contributed by atoms with E-state index in [1.807, 2.05) is 24.7 Å². The minimum atomic E-state index is -0.639. The van der Waals surface area contributed by atoms with E-state index in [-0.39, 0.29) is 0 Å². The number of rotatable bonds is 6. The number of anilines is 1. The Balaban J connectivity index is 1.42. The van der Waals surface area contributed by atoms with Crippen LogP contribution in [-0.2, 0) is 0 Å². The number of fused-ring (bicyclic) bond motifs is 1. The van der Waals surface area contributed by atoms with Crippen molar-refractivity contribution in [2.75, 3.05) is 44.6 Å². The lowest BCUT2D eigenvalue weighted by atomic mass is 10.1. The third-order valence-electron chi connectivity index (χ3n) is 5.21. The number of aromatic nitrogens is 3. The fourth-order valence-electron chi connectivity index (χ4n) is 3.56. The molecule has 3 heterocycles. The normalized spacial score (nSPS) is 17.3. The number of nitrogens with zero attached hydrogens (tertiary/aromatic N) is 4. The van der Waals surface area contributed by atoms with Crippen molar-refractivity contribution in [2.24, 2.45) is 0 Å². The number of hydrogen-bond acceptors (Lipinski definition) is 6. The van der Waals surface area contributed by atoms with Crippen LogP contribution in [0.3, 0.4) is 0 Å². The fourth-order valence-corrected chi connectivity index (χ4v) is 3.56. The van der Waals surface area contributed by atoms with Crippen LogP contribution in [0, 0.1) is 0 Å². The molecule has 7 heteroatoms. The summed E-state index contributed by atoms with van der Waals surface area (Å²) in [6.07, 6.45) is 4.89. The van der Waals surface area contributed by atoms with Crippen LogP contribution >= 0.6 is 0 Å². The molecule has 0 bridgehead atoms. The molecule has 1 aliphatic heterocycles. The molecule has 1 unspecified atom stereocenters. The zero-order chi connectivity index (χ0) is 18.6. The third-order valence-corrected chi connectivity index (χ3v) is 5.21. The Morgan fingerprint density at radius 2 is 1.89 bits per heavy atom. The molecule has 1 fully saturated rings. The first kappa shape index (κ1) is 17.9. The maximum Gasteiger partial charge on any atom is 0.138 e. The van der Waals surface area contributed by atoms with E-state index >= 15 is 0 Å². The summed E-state index contributed by atoms with van der Waals surface area (Å²) in [5.74, 6) is 0.687. The largest absolute Gasteiger partial charge is 0.372 e. The number of benzene rings is 1. The van der Waals surface area contributed by atoms with Crippen molar-refractivity contribution in [1.29, 1.82) is 0 Å². The molecule has 1 atom stereocenters. The van der Waals surface area contributed by atoms with Crippen LogP contribution in [0.15, 0.2) is 42.9 Å². The molecule has 3 aromatic rings. The van der Waals surface area contributed by atoms with E-state index in [2.05, 4.69) is 55.4 Å². The van der Waals surface area contributed by atoms with Gasteiger partial charge in [0.1, 0.15) is 12.0 Å². The monoisotopic (exact) mass is 366 g/mol. The quantitative estimate of drug-likeness (QED) is 0.579. The summed E-state index contributed by atoms with van der Waals surface area (Å²) in [6.45, 7) is 8.00. The fraction of sp³-hybridized carbons (Fsp3) is 0.400. The maximum absolute atomic E-state index is 10.4. The van der Waals surface area contributed by atoms with Crippen LogP contribution in [0.25, 0.3) is 21.9 Å². The summed E-state index contributed by atoms with van der Waals surface area (Å²) in [6, 6.07) is 8.21. The predicted octanol–water partition coefficient (Wildman–Crippen LogP) is 1.99. The molecule has 1 saturated heterocycles. The molecular formula is C20H26N6O. The van der Waals surface area contributed by atoms with E-state index in [0.29, 0.717) is 12.4 Å². The van der Waals surface area contributed by atoms with Crippen molar-refractivity contribution in [3.8, 4) is 11.1 Å². The topological polar surface area (TPSA) is 80.3 Å². The molecule has 1 aliphatic rings. The number of aliphatic hydroxyl groups is 1. The molecule has 142 valence electrons. The van der Waals surface area contributed by atoms with Crippen LogP contribution in [0.5, 0.6) is 0 Å². The lowest BCUT2D eigenvalue weighted by molar-refractivity contribution is 0.0864. The number of aliphatic hydroxyl groups excluding tert-OH is 1. The molecule has 0 saturated carbocycles. The molecule has 0 amide bonds. The van der Waals surface area contributed by atoms with Crippen LogP contribution < -0.4 is 5.32 Å². The molecule has 1 aromatic carbocycles. The van der Waals surface area contributed by atoms with Gasteiger partial charge in [-0.15, -0.1) is 0 Å². The van der Waals surface area contributed by atoms with Crippen LogP contribution in [0.1, 0.15) is 6.92 Å². The Morgan fingerprint density at radius 3 is 2.63 bits per heavy atom. The Morgan fingerprint density at radius 1 is 1.07 bits per heavy atom. The molecule has 3 N–H and O–H groups in total. The zero-order valence-electron chi connectivity index (χ0n) is 15.6. The van der Waals surface area contributed by atoms with Gasteiger partial charge in [0.05, 0.1) is 6.20 Å². The van der Waals surface area contributed by atoms with Crippen LogP contribution in [0.4, 0.5) is 5.82 Å². The number of piperazine rings is 1. The highest BCUT2D eigenvalue weighted by molar-refractivity contribution is 5.88. The van der Waals surface area contributed by atoms with Gasteiger partial charge >= 0.3 is 0 Å². The number of hydrogen-bond donors (Lipinski definition) is 3. The van der Waals surface area contributed by atoms with Crippen molar-refractivity contribution in [2.45, 2.75) is 13.2 Å². The summed E-state index contributed by atoms with van der Waals surface area (Å²) < 4.78 is 0. The molecule has 0 radical (unpaired) electrons. The summed E-state index contributed by atoms with van der Waals surface area (Å²) in [4.78, 5) is 9.16. The highest BCUT2D eigenvalue weighted by atomic mass is 16.3. The first-order valence-corrected chi connectivity index (χ1v) is 9.49. The van der Waals surface area contributed by atoms with Gasteiger partial charge in [-0.3, -0.25) is 10.00 Å². The summed E-state index contributed by atoms with van der Waals surface area (Å²) in [7, 11) is 0. The minimum absolute atomic E-state index is 0.604. The number of β-amino-alcohol motifs (C(OH)–C–C–N with tert-alkyl or cyclic N) is 1. The Labute approximate surface area is 159 Å². The van der Waals surface area contributed by atoms with Gasteiger partial charge in [-0.25, -0.2) is 4.98 Å². The average Bonchev–Trinajstić information content (AvgIpc) is 3.23. The molecule has 4 rings (SSSR count). The van der Waals surface area contributed by atoms with Crippen molar-refractivity contribution in [3.63, 3.8) is 0 Å². The van der Waals surface area contributed by atoms with Crippen molar-refractivity contribution >= 4 is 16.6 Å². The second-order valence-corrected chi connectivity index (χ2v) is 7.01. The highest BCUT2D eigenvalue weighted by Crippen LogP contribution is 2.24. The summed E-state index contributed by atoms with van der Waals surface area (Å²) >= 11 is 0. The number of H-pyrrole nitrogens is 1. The second kappa shape index (κ2) is 8.04. The SMILES string of the molecule is CCN1CCN(CC(O)Nc2cc3cc(-c4cn[nH]c4)ccc3cn2)CC1. The molecule has 0 aliphatic carbocycles. The van der Waals surface area contributed by atoms with E-state index in [0.717, 1.165) is 54.6 Å². The van der Waals surface area contributed by atoms with Gasteiger partial charge in [0.25, 0.3) is 0 Å². The zero-order valence-corrected chi connectivity index (χ0v) is 15.6. The molecular weight excluding hydrogens is 340 g/mol. The summed E-state index contributed by atoms with van der Waals surface area (Å²) in [5, 5.41) is 22.6. The lowest BCUT2D eigenvalue weighted by Gasteiger charge is -2.35.